The van der Waals surface area contributed by atoms with Gasteiger partial charge >= 0.3 is 12.1 Å². The van der Waals surface area contributed by atoms with E-state index in [-0.39, 0.29) is 18.9 Å². The second-order valence-corrected chi connectivity index (χ2v) is 8.73. The van der Waals surface area contributed by atoms with Crippen LogP contribution in [-0.2, 0) is 25.4 Å². The number of rotatable bonds is 7. The van der Waals surface area contributed by atoms with Gasteiger partial charge in [0.1, 0.15) is 12.6 Å². The van der Waals surface area contributed by atoms with E-state index in [9.17, 15) is 14.7 Å². The normalized spacial score (nSPS) is 16.2. The molecule has 0 radical (unpaired) electrons. The summed E-state index contributed by atoms with van der Waals surface area (Å²) >= 11 is 0. The Morgan fingerprint density at radius 1 is 0.914 bits per heavy atom. The number of nitrogens with one attached hydrogen (secondary N) is 1. The van der Waals surface area contributed by atoms with Gasteiger partial charge in [0.25, 0.3) is 0 Å². The lowest BCUT2D eigenvalue weighted by Gasteiger charge is -2.23. The van der Waals surface area contributed by atoms with Crippen LogP contribution in [0.15, 0.2) is 72.8 Å². The fourth-order valence-electron chi connectivity index (χ4n) is 4.71. The van der Waals surface area contributed by atoms with Crippen molar-refractivity contribution in [3.8, 4) is 11.1 Å². The number of fused-ring (bicyclic) bond motifs is 3. The first-order chi connectivity index (χ1) is 17.1. The van der Waals surface area contributed by atoms with Crippen LogP contribution in [0.3, 0.4) is 0 Å². The zero-order chi connectivity index (χ0) is 24.2. The summed E-state index contributed by atoms with van der Waals surface area (Å²) in [5.74, 6) is -1.21. The van der Waals surface area contributed by atoms with Crippen LogP contribution in [-0.4, -0.2) is 43.0 Å². The molecule has 1 amide bonds. The van der Waals surface area contributed by atoms with Crippen LogP contribution in [0.2, 0.25) is 0 Å². The third-order valence-electron chi connectivity index (χ3n) is 6.45. The molecule has 3 aromatic carbocycles. The second kappa shape index (κ2) is 10.3. The molecule has 1 heterocycles. The number of carbonyl (C=O) groups is 2. The quantitative estimate of drug-likeness (QED) is 0.519. The van der Waals surface area contributed by atoms with Crippen LogP contribution < -0.4 is 5.32 Å². The van der Waals surface area contributed by atoms with E-state index in [1.807, 2.05) is 60.7 Å². The van der Waals surface area contributed by atoms with Crippen LogP contribution >= 0.6 is 0 Å². The molecule has 1 atom stereocenters. The van der Waals surface area contributed by atoms with Crippen molar-refractivity contribution in [1.29, 1.82) is 0 Å². The number of carbonyl (C=O) groups excluding carboxylic acids is 1. The minimum atomic E-state index is -1.12. The smallest absolute Gasteiger partial charge is 0.407 e. The van der Waals surface area contributed by atoms with Gasteiger partial charge in [-0.05, 0) is 34.2 Å². The van der Waals surface area contributed by atoms with E-state index in [0.29, 0.717) is 13.2 Å². The highest BCUT2D eigenvalue weighted by molar-refractivity contribution is 5.81. The van der Waals surface area contributed by atoms with Crippen molar-refractivity contribution in [2.75, 3.05) is 19.8 Å². The van der Waals surface area contributed by atoms with Crippen molar-refractivity contribution >= 4 is 12.1 Å². The minimum Gasteiger partial charge on any atom is -0.480 e. The van der Waals surface area contributed by atoms with E-state index < -0.39 is 24.4 Å². The van der Waals surface area contributed by atoms with E-state index in [1.54, 1.807) is 0 Å². The van der Waals surface area contributed by atoms with Gasteiger partial charge in [-0.3, -0.25) is 0 Å². The molecule has 5 rings (SSSR count). The summed E-state index contributed by atoms with van der Waals surface area (Å²) in [6, 6.07) is 22.4. The van der Waals surface area contributed by atoms with Gasteiger partial charge in [0.2, 0.25) is 0 Å². The van der Waals surface area contributed by atoms with Crippen molar-refractivity contribution in [2.45, 2.75) is 31.1 Å². The lowest BCUT2D eigenvalue weighted by atomic mass is 9.98. The van der Waals surface area contributed by atoms with Crippen LogP contribution in [0.1, 0.15) is 40.9 Å². The van der Waals surface area contributed by atoms with Crippen LogP contribution in [0, 0.1) is 0 Å². The maximum atomic E-state index is 12.6. The molecule has 3 aromatic rings. The number of amides is 1. The predicted molar refractivity (Wildman–Crippen MR) is 129 cm³/mol. The first-order valence-electron chi connectivity index (χ1n) is 11.8. The van der Waals surface area contributed by atoms with Gasteiger partial charge in [0.05, 0.1) is 13.2 Å². The molecule has 1 aliphatic heterocycles. The maximum absolute atomic E-state index is 12.6. The monoisotopic (exact) mass is 473 g/mol. The molecule has 0 saturated carbocycles. The van der Waals surface area contributed by atoms with Gasteiger partial charge in [0.15, 0.2) is 6.29 Å². The summed E-state index contributed by atoms with van der Waals surface area (Å²) in [5.41, 5.74) is 6.12. The molecule has 2 aliphatic rings. The number of carboxylic acid groups (broad SMARTS) is 1. The number of carboxylic acids is 1. The molecule has 7 nitrogen and oxygen atoms in total. The SMILES string of the molecule is O=C(N[C@H](Cc1ccc(C2OCCCO2)cc1)C(=O)O)OCC1c2ccccc2-c2ccccc21. The average molecular weight is 474 g/mol. The molecule has 35 heavy (non-hydrogen) atoms. The van der Waals surface area contributed by atoms with Gasteiger partial charge in [-0.1, -0.05) is 72.8 Å². The van der Waals surface area contributed by atoms with Crippen LogP contribution in [0.4, 0.5) is 4.79 Å². The molecule has 180 valence electrons. The molecule has 0 bridgehead atoms. The Kier molecular flexibility index (Phi) is 6.79. The Balaban J connectivity index is 1.20. The lowest BCUT2D eigenvalue weighted by molar-refractivity contribution is -0.183. The Morgan fingerprint density at radius 2 is 1.51 bits per heavy atom. The third-order valence-corrected chi connectivity index (χ3v) is 6.45. The highest BCUT2D eigenvalue weighted by Crippen LogP contribution is 2.44. The van der Waals surface area contributed by atoms with E-state index in [0.717, 1.165) is 39.8 Å². The number of aliphatic carboxylic acids is 1. The molecular weight excluding hydrogens is 446 g/mol. The zero-order valence-corrected chi connectivity index (χ0v) is 19.2. The van der Waals surface area contributed by atoms with Crippen molar-refractivity contribution in [3.63, 3.8) is 0 Å². The number of hydrogen-bond donors (Lipinski definition) is 2. The largest absolute Gasteiger partial charge is 0.480 e. The number of hydrogen-bond acceptors (Lipinski definition) is 5. The Morgan fingerprint density at radius 3 is 2.11 bits per heavy atom. The molecule has 0 unspecified atom stereocenters. The van der Waals surface area contributed by atoms with E-state index in [1.165, 1.54) is 0 Å². The number of ether oxygens (including phenoxy) is 3. The van der Waals surface area contributed by atoms with Crippen molar-refractivity contribution < 1.29 is 28.9 Å². The molecule has 0 aromatic heterocycles. The third kappa shape index (κ3) is 5.06. The minimum absolute atomic E-state index is 0.0896. The van der Waals surface area contributed by atoms with Gasteiger partial charge < -0.3 is 24.6 Å². The fraction of sp³-hybridized carbons (Fsp3) is 0.286. The van der Waals surface area contributed by atoms with Crippen LogP contribution in [0.25, 0.3) is 11.1 Å². The second-order valence-electron chi connectivity index (χ2n) is 8.73. The highest BCUT2D eigenvalue weighted by atomic mass is 16.7. The van der Waals surface area contributed by atoms with Crippen LogP contribution in [0.5, 0.6) is 0 Å². The summed E-state index contributed by atoms with van der Waals surface area (Å²) in [5, 5.41) is 12.2. The summed E-state index contributed by atoms with van der Waals surface area (Å²) in [6.45, 7) is 1.43. The molecule has 2 N–H and O–H groups in total. The first kappa shape index (κ1) is 23.1. The number of benzene rings is 3. The van der Waals surface area contributed by atoms with E-state index in [4.69, 9.17) is 14.2 Å². The highest BCUT2D eigenvalue weighted by Gasteiger charge is 2.30. The molecule has 1 fully saturated rings. The van der Waals surface area contributed by atoms with Gasteiger partial charge in [-0.25, -0.2) is 9.59 Å². The molecule has 7 heteroatoms. The molecule has 1 aliphatic carbocycles. The summed E-state index contributed by atoms with van der Waals surface area (Å²) < 4.78 is 16.7. The Labute approximate surface area is 203 Å². The van der Waals surface area contributed by atoms with Gasteiger partial charge in [0, 0.05) is 17.9 Å². The average Bonchev–Trinajstić information content (AvgIpc) is 3.21. The van der Waals surface area contributed by atoms with E-state index >= 15 is 0 Å². The summed E-state index contributed by atoms with van der Waals surface area (Å²) in [7, 11) is 0. The predicted octanol–water partition coefficient (Wildman–Crippen LogP) is 4.66. The van der Waals surface area contributed by atoms with Gasteiger partial charge in [-0.2, -0.15) is 0 Å². The van der Waals surface area contributed by atoms with Crippen molar-refractivity contribution in [3.05, 3.63) is 95.1 Å². The van der Waals surface area contributed by atoms with Crippen molar-refractivity contribution in [1.82, 2.24) is 5.32 Å². The summed E-state index contributed by atoms with van der Waals surface area (Å²) in [4.78, 5) is 24.4. The first-order valence-corrected chi connectivity index (χ1v) is 11.8. The van der Waals surface area contributed by atoms with E-state index in [2.05, 4.69) is 17.4 Å². The zero-order valence-electron chi connectivity index (χ0n) is 19.2. The summed E-state index contributed by atoms with van der Waals surface area (Å²) in [6.07, 6.45) is -0.144. The molecular formula is C28H27NO6. The molecule has 0 spiro atoms. The Hall–Kier alpha value is -3.68. The maximum Gasteiger partial charge on any atom is 0.407 e. The van der Waals surface area contributed by atoms with Gasteiger partial charge in [-0.15, -0.1) is 0 Å². The Bertz CT molecular complexity index is 1160. The topological polar surface area (TPSA) is 94.1 Å². The standard InChI is InChI=1S/C28H27NO6/c30-26(31)25(16-18-10-12-19(13-11-18)27-33-14-5-15-34-27)29-28(32)35-17-24-22-8-3-1-6-20(22)21-7-2-4-9-23(21)24/h1-4,6-13,24-25,27H,5,14-17H2,(H,29,32)(H,30,31)/t25-/m1/s1. The molecule has 1 saturated heterocycles. The lowest BCUT2D eigenvalue weighted by Crippen LogP contribution is -2.42. The fourth-order valence-corrected chi connectivity index (χ4v) is 4.71. The van der Waals surface area contributed by atoms with Crippen molar-refractivity contribution in [2.24, 2.45) is 0 Å². The number of alkyl carbamates (subject to hydrolysis) is 1.